The zero-order valence-corrected chi connectivity index (χ0v) is 11.7. The van der Waals surface area contributed by atoms with E-state index in [4.69, 9.17) is 28.9 Å². The highest BCUT2D eigenvalue weighted by Gasteiger charge is 2.20. The molecule has 0 aromatic carbocycles. The van der Waals surface area contributed by atoms with Crippen molar-refractivity contribution in [1.82, 2.24) is 9.97 Å². The molecular formula is C8H6Cl2N4O2S2. The predicted octanol–water partition coefficient (Wildman–Crippen LogP) is 2.23. The van der Waals surface area contributed by atoms with Crippen LogP contribution in [0.3, 0.4) is 0 Å². The molecule has 2 aromatic rings. The summed E-state index contributed by atoms with van der Waals surface area (Å²) in [6.45, 7) is 0. The van der Waals surface area contributed by atoms with E-state index in [2.05, 4.69) is 14.7 Å². The fourth-order valence-corrected chi connectivity index (χ4v) is 3.76. The summed E-state index contributed by atoms with van der Waals surface area (Å²) in [5.74, 6) is 0. The summed E-state index contributed by atoms with van der Waals surface area (Å²) >= 11 is 12.5. The van der Waals surface area contributed by atoms with Gasteiger partial charge in [-0.3, -0.25) is 4.72 Å². The summed E-state index contributed by atoms with van der Waals surface area (Å²) in [6, 6.07) is 1.33. The molecule has 0 spiro atoms. The van der Waals surface area contributed by atoms with Gasteiger partial charge in [0.15, 0.2) is 10.3 Å². The smallest absolute Gasteiger partial charge is 0.271 e. The van der Waals surface area contributed by atoms with Crippen LogP contribution in [0.2, 0.25) is 10.3 Å². The van der Waals surface area contributed by atoms with Crippen molar-refractivity contribution in [1.29, 1.82) is 0 Å². The molecule has 0 amide bonds. The van der Waals surface area contributed by atoms with Crippen molar-refractivity contribution in [3.05, 3.63) is 28.1 Å². The van der Waals surface area contributed by atoms with Crippen LogP contribution in [0.25, 0.3) is 0 Å². The van der Waals surface area contributed by atoms with Crippen molar-refractivity contribution in [3.63, 3.8) is 0 Å². The highest BCUT2D eigenvalue weighted by molar-refractivity contribution is 7.94. The van der Waals surface area contributed by atoms with Crippen molar-refractivity contribution in [2.75, 3.05) is 10.5 Å². The maximum absolute atomic E-state index is 12.0. The Morgan fingerprint density at radius 1 is 1.28 bits per heavy atom. The van der Waals surface area contributed by atoms with Crippen LogP contribution in [0.1, 0.15) is 0 Å². The molecule has 18 heavy (non-hydrogen) atoms. The van der Waals surface area contributed by atoms with Gasteiger partial charge in [0.1, 0.15) is 16.2 Å². The number of anilines is 2. The van der Waals surface area contributed by atoms with Gasteiger partial charge in [-0.05, 0) is 6.07 Å². The number of nitrogens with two attached hydrogens (primary N) is 1. The maximum Gasteiger partial charge on any atom is 0.271 e. The van der Waals surface area contributed by atoms with Gasteiger partial charge < -0.3 is 5.73 Å². The zero-order chi connectivity index (χ0) is 13.3. The van der Waals surface area contributed by atoms with Crippen LogP contribution in [-0.4, -0.2) is 18.4 Å². The lowest BCUT2D eigenvalue weighted by Gasteiger charge is -2.07. The lowest BCUT2D eigenvalue weighted by atomic mass is 10.6. The number of halogens is 2. The molecule has 2 rings (SSSR count). The van der Waals surface area contributed by atoms with Crippen molar-refractivity contribution >= 4 is 55.9 Å². The molecule has 3 N–H and O–H groups in total. The minimum atomic E-state index is -3.80. The molecular weight excluding hydrogens is 319 g/mol. The number of aromatic nitrogens is 2. The van der Waals surface area contributed by atoms with Crippen LogP contribution in [0.5, 0.6) is 0 Å². The Morgan fingerprint density at radius 2 is 1.89 bits per heavy atom. The molecule has 0 unspecified atom stereocenters. The molecule has 96 valence electrons. The van der Waals surface area contributed by atoms with Crippen molar-refractivity contribution in [2.45, 2.75) is 4.21 Å². The van der Waals surface area contributed by atoms with Gasteiger partial charge in [-0.25, -0.2) is 18.4 Å². The van der Waals surface area contributed by atoms with Gasteiger partial charge in [-0.2, -0.15) is 0 Å². The average Bonchev–Trinajstić information content (AvgIpc) is 2.71. The first-order chi connectivity index (χ1) is 8.40. The molecule has 0 radical (unpaired) electrons. The Balaban J connectivity index is 2.40. The Labute approximate surface area is 117 Å². The molecule has 0 saturated heterocycles. The van der Waals surface area contributed by atoms with E-state index in [1.54, 1.807) is 0 Å². The van der Waals surface area contributed by atoms with E-state index >= 15 is 0 Å². The first-order valence-electron chi connectivity index (χ1n) is 4.43. The number of rotatable bonds is 3. The zero-order valence-electron chi connectivity index (χ0n) is 8.59. The molecule has 6 nitrogen and oxygen atoms in total. The van der Waals surface area contributed by atoms with Crippen molar-refractivity contribution in [2.24, 2.45) is 0 Å². The summed E-state index contributed by atoms with van der Waals surface area (Å²) in [4.78, 5) is 7.29. The maximum atomic E-state index is 12.0. The van der Waals surface area contributed by atoms with Crippen molar-refractivity contribution < 1.29 is 8.42 Å². The van der Waals surface area contributed by atoms with Crippen molar-refractivity contribution in [3.8, 4) is 0 Å². The summed E-state index contributed by atoms with van der Waals surface area (Å²) in [5.41, 5.74) is 5.77. The molecule has 2 aromatic heterocycles. The molecule has 2 heterocycles. The number of hydrogen-bond acceptors (Lipinski definition) is 6. The largest absolute Gasteiger partial charge is 0.398 e. The Morgan fingerprint density at radius 3 is 2.39 bits per heavy atom. The molecule has 0 aliphatic rings. The molecule has 0 saturated carbocycles. The fourth-order valence-electron chi connectivity index (χ4n) is 1.08. The summed E-state index contributed by atoms with van der Waals surface area (Å²) in [5, 5.41) is 1.35. The van der Waals surface area contributed by atoms with E-state index in [0.29, 0.717) is 5.69 Å². The minimum Gasteiger partial charge on any atom is -0.398 e. The van der Waals surface area contributed by atoms with Gasteiger partial charge in [-0.1, -0.05) is 23.2 Å². The normalized spacial score (nSPS) is 11.4. The number of hydrogen-bond donors (Lipinski definition) is 2. The molecule has 0 aliphatic heterocycles. The van der Waals surface area contributed by atoms with E-state index in [1.807, 2.05) is 0 Å². The minimum absolute atomic E-state index is 0.0518. The van der Waals surface area contributed by atoms with Gasteiger partial charge in [0.25, 0.3) is 10.0 Å². The molecule has 0 atom stereocenters. The van der Waals surface area contributed by atoms with Crippen LogP contribution >= 0.6 is 34.5 Å². The average molecular weight is 325 g/mol. The van der Waals surface area contributed by atoms with Crippen LogP contribution in [0, 0.1) is 0 Å². The predicted molar refractivity (Wildman–Crippen MR) is 71.6 cm³/mol. The molecule has 0 aliphatic carbocycles. The topological polar surface area (TPSA) is 98.0 Å². The Kier molecular flexibility index (Phi) is 3.62. The molecule has 0 fully saturated rings. The second kappa shape index (κ2) is 4.88. The van der Waals surface area contributed by atoms with Crippen LogP contribution in [0.4, 0.5) is 11.4 Å². The first-order valence-corrected chi connectivity index (χ1v) is 7.55. The van der Waals surface area contributed by atoms with E-state index in [0.717, 1.165) is 17.7 Å². The number of nitrogens with one attached hydrogen (secondary N) is 1. The van der Waals surface area contributed by atoms with Crippen LogP contribution in [-0.2, 0) is 10.0 Å². The number of nitrogens with zero attached hydrogens (tertiary/aromatic N) is 2. The van der Waals surface area contributed by atoms with Gasteiger partial charge in [0, 0.05) is 11.1 Å². The highest BCUT2D eigenvalue weighted by Crippen LogP contribution is 2.30. The number of nitrogen functional groups attached to an aromatic ring is 1. The lowest BCUT2D eigenvalue weighted by Crippen LogP contribution is -2.13. The van der Waals surface area contributed by atoms with Crippen LogP contribution in [0.15, 0.2) is 22.0 Å². The first kappa shape index (κ1) is 13.3. The lowest BCUT2D eigenvalue weighted by molar-refractivity contribution is 0.603. The van der Waals surface area contributed by atoms with E-state index in [-0.39, 0.29) is 20.2 Å². The third kappa shape index (κ3) is 2.66. The fraction of sp³-hybridized carbons (Fsp3) is 0. The standard InChI is InChI=1S/C8H6Cl2N4O2S2/c9-7-6(8(10)13-3-12-7)14-18(15,16)5-1-4(11)2-17-5/h1-3,14H,11H2. The summed E-state index contributed by atoms with van der Waals surface area (Å²) in [7, 11) is -3.80. The number of sulfonamides is 1. The van der Waals surface area contributed by atoms with Gasteiger partial charge in [0.05, 0.1) is 0 Å². The second-order valence-corrected chi connectivity index (χ2v) is 6.67. The summed E-state index contributed by atoms with van der Waals surface area (Å²) in [6.07, 6.45) is 1.13. The monoisotopic (exact) mass is 324 g/mol. The quantitative estimate of drug-likeness (QED) is 0.843. The third-order valence-corrected chi connectivity index (χ3v) is 5.23. The van der Waals surface area contributed by atoms with Crippen LogP contribution < -0.4 is 10.5 Å². The third-order valence-electron chi connectivity index (χ3n) is 1.85. The Bertz CT molecular complexity index is 666. The second-order valence-electron chi connectivity index (χ2n) is 3.13. The van der Waals surface area contributed by atoms with E-state index in [9.17, 15) is 8.42 Å². The number of thiophene rings is 1. The van der Waals surface area contributed by atoms with Gasteiger partial charge >= 0.3 is 0 Å². The molecule has 10 heteroatoms. The van der Waals surface area contributed by atoms with Gasteiger partial charge in [0.2, 0.25) is 0 Å². The molecule has 0 bridgehead atoms. The van der Waals surface area contributed by atoms with E-state index in [1.165, 1.54) is 11.4 Å². The highest BCUT2D eigenvalue weighted by atomic mass is 35.5. The summed E-state index contributed by atoms with van der Waals surface area (Å²) < 4.78 is 26.3. The SMILES string of the molecule is Nc1csc(S(=O)(=O)Nc2c(Cl)ncnc2Cl)c1. The van der Waals surface area contributed by atoms with Gasteiger partial charge in [-0.15, -0.1) is 11.3 Å². The Hall–Kier alpha value is -1.09. The van der Waals surface area contributed by atoms with E-state index < -0.39 is 10.0 Å².